The van der Waals surface area contributed by atoms with Crippen LogP contribution in [0.25, 0.3) is 64.4 Å². The molecule has 2 nitrogen and oxygen atoms in total. The lowest BCUT2D eigenvalue weighted by Crippen LogP contribution is -2.22. The number of fused-ring (bicyclic) bond motifs is 9. The highest BCUT2D eigenvalue weighted by Crippen LogP contribution is 2.53. The van der Waals surface area contributed by atoms with Crippen molar-refractivity contribution in [2.75, 3.05) is 4.90 Å². The van der Waals surface area contributed by atoms with E-state index in [-0.39, 0.29) is 5.41 Å². The van der Waals surface area contributed by atoms with Crippen molar-refractivity contribution in [1.29, 1.82) is 0 Å². The third kappa shape index (κ3) is 4.51. The van der Waals surface area contributed by atoms with Crippen molar-refractivity contribution in [3.63, 3.8) is 0 Å². The van der Waals surface area contributed by atoms with Crippen LogP contribution < -0.4 is 4.90 Å². The van der Waals surface area contributed by atoms with Gasteiger partial charge in [-0.15, -0.1) is 11.3 Å². The summed E-state index contributed by atoms with van der Waals surface area (Å²) >= 11 is 1.86. The number of hydrogen-bond acceptors (Lipinski definition) is 3. The molecule has 53 heavy (non-hydrogen) atoms. The molecule has 250 valence electrons. The van der Waals surface area contributed by atoms with Gasteiger partial charge in [0.1, 0.15) is 11.2 Å². The Morgan fingerprint density at radius 2 is 1.08 bits per heavy atom. The van der Waals surface area contributed by atoms with Crippen LogP contribution >= 0.6 is 11.3 Å². The zero-order valence-corrected chi connectivity index (χ0v) is 29.9. The highest BCUT2D eigenvalue weighted by Gasteiger charge is 2.40. The lowest BCUT2D eigenvalue weighted by atomic mass is 9.74. The van der Waals surface area contributed by atoms with Crippen molar-refractivity contribution in [1.82, 2.24) is 0 Å². The highest BCUT2D eigenvalue weighted by molar-refractivity contribution is 7.26. The van der Waals surface area contributed by atoms with Gasteiger partial charge in [0.2, 0.25) is 0 Å². The van der Waals surface area contributed by atoms with Crippen LogP contribution in [0.15, 0.2) is 186 Å². The molecule has 0 aliphatic heterocycles. The van der Waals surface area contributed by atoms with Gasteiger partial charge in [-0.1, -0.05) is 127 Å². The fraction of sp³-hybridized carbons (Fsp3) is 0.0400. The first-order valence-electron chi connectivity index (χ1n) is 18.2. The summed E-state index contributed by atoms with van der Waals surface area (Å²) in [4.78, 5) is 2.42. The van der Waals surface area contributed by atoms with Crippen LogP contribution in [-0.4, -0.2) is 0 Å². The van der Waals surface area contributed by atoms with Gasteiger partial charge in [0.25, 0.3) is 0 Å². The molecule has 10 aromatic rings. The van der Waals surface area contributed by atoms with Crippen LogP contribution in [0, 0.1) is 0 Å². The number of thiophene rings is 1. The molecule has 0 saturated heterocycles. The second kappa shape index (κ2) is 11.5. The summed E-state index contributed by atoms with van der Waals surface area (Å²) in [5, 5.41) is 4.80. The molecule has 0 N–H and O–H groups in total. The standard InChI is InChI=1S/C50H33NOS/c1-50(43-18-8-5-14-37(43)38-15-6-9-19-44(38)50)34-24-28-46-41(30-34)42-31-36(27-29-47(42)52-46)51(35-25-22-33(23-26-35)32-12-3-2-4-13-32)45-20-11-17-40-39-16-7-10-21-48(39)53-49(40)45/h2-31H,1H3. The van der Waals surface area contributed by atoms with E-state index in [1.165, 1.54) is 59.1 Å². The first kappa shape index (κ1) is 30.2. The number of anilines is 3. The minimum Gasteiger partial charge on any atom is -0.456 e. The Morgan fingerprint density at radius 1 is 0.472 bits per heavy atom. The average molecular weight is 696 g/mol. The molecule has 2 heterocycles. The smallest absolute Gasteiger partial charge is 0.135 e. The SMILES string of the molecule is CC1(c2ccc3oc4ccc(N(c5ccc(-c6ccccc6)cc5)c5cccc6c5sc5ccccc56)cc4c3c2)c2ccccc2-c2ccccc21. The lowest BCUT2D eigenvalue weighted by molar-refractivity contribution is 0.667. The van der Waals surface area contributed by atoms with Crippen LogP contribution in [0.2, 0.25) is 0 Å². The van der Waals surface area contributed by atoms with E-state index in [2.05, 4.69) is 194 Å². The largest absolute Gasteiger partial charge is 0.456 e. The Labute approximate surface area is 311 Å². The van der Waals surface area contributed by atoms with Gasteiger partial charge in [0, 0.05) is 43.0 Å². The van der Waals surface area contributed by atoms with Gasteiger partial charge in [0.15, 0.2) is 0 Å². The molecule has 1 aliphatic carbocycles. The van der Waals surface area contributed by atoms with Gasteiger partial charge in [0.05, 0.1) is 10.4 Å². The van der Waals surface area contributed by atoms with Gasteiger partial charge >= 0.3 is 0 Å². The van der Waals surface area contributed by atoms with Crippen molar-refractivity contribution in [3.05, 3.63) is 199 Å². The topological polar surface area (TPSA) is 16.4 Å². The Balaban J connectivity index is 1.11. The second-order valence-corrected chi connectivity index (χ2v) is 15.3. The molecule has 11 rings (SSSR count). The van der Waals surface area contributed by atoms with E-state index < -0.39 is 0 Å². The molecule has 0 bridgehead atoms. The Bertz CT molecular complexity index is 2980. The molecule has 0 fully saturated rings. The molecule has 0 amide bonds. The monoisotopic (exact) mass is 695 g/mol. The van der Waals surface area contributed by atoms with Crippen LogP contribution in [-0.2, 0) is 5.41 Å². The quantitative estimate of drug-likeness (QED) is 0.178. The Kier molecular flexibility index (Phi) is 6.58. The third-order valence-corrected chi connectivity index (χ3v) is 12.6. The Hall–Kier alpha value is -6.42. The van der Waals surface area contributed by atoms with E-state index in [1.54, 1.807) is 0 Å². The molecule has 0 atom stereocenters. The summed E-state index contributed by atoms with van der Waals surface area (Å²) in [5.41, 5.74) is 13.8. The Morgan fingerprint density at radius 3 is 1.85 bits per heavy atom. The number of rotatable bonds is 5. The van der Waals surface area contributed by atoms with Crippen molar-refractivity contribution >= 4 is 70.5 Å². The van der Waals surface area contributed by atoms with E-state index in [9.17, 15) is 0 Å². The van der Waals surface area contributed by atoms with Gasteiger partial charge < -0.3 is 9.32 Å². The van der Waals surface area contributed by atoms with Gasteiger partial charge in [-0.3, -0.25) is 0 Å². The van der Waals surface area contributed by atoms with Crippen molar-refractivity contribution < 1.29 is 4.42 Å². The predicted octanol–water partition coefficient (Wildman–Crippen LogP) is 14.4. The minimum atomic E-state index is -0.286. The fourth-order valence-corrected chi connectivity index (χ4v) is 9.96. The predicted molar refractivity (Wildman–Crippen MR) is 224 cm³/mol. The fourth-order valence-electron chi connectivity index (χ4n) is 8.75. The number of furan rings is 1. The zero-order chi connectivity index (χ0) is 35.1. The van der Waals surface area contributed by atoms with Gasteiger partial charge in [-0.05, 0) is 100 Å². The minimum absolute atomic E-state index is 0.286. The molecule has 3 heteroatoms. The summed E-state index contributed by atoms with van der Waals surface area (Å²) in [6.07, 6.45) is 0. The zero-order valence-electron chi connectivity index (χ0n) is 29.1. The third-order valence-electron chi connectivity index (χ3n) is 11.4. The van der Waals surface area contributed by atoms with Crippen LogP contribution in [0.1, 0.15) is 23.6 Å². The molecule has 0 radical (unpaired) electrons. The summed E-state index contributed by atoms with van der Waals surface area (Å²) < 4.78 is 9.11. The van der Waals surface area contributed by atoms with Crippen LogP contribution in [0.4, 0.5) is 17.1 Å². The molecular weight excluding hydrogens is 663 g/mol. The van der Waals surface area contributed by atoms with E-state index in [0.717, 1.165) is 39.0 Å². The van der Waals surface area contributed by atoms with E-state index in [4.69, 9.17) is 4.42 Å². The highest BCUT2D eigenvalue weighted by atomic mass is 32.1. The maximum atomic E-state index is 6.55. The maximum absolute atomic E-state index is 6.55. The first-order chi connectivity index (χ1) is 26.1. The molecule has 0 spiro atoms. The summed E-state index contributed by atoms with van der Waals surface area (Å²) in [7, 11) is 0. The second-order valence-electron chi connectivity index (χ2n) is 14.2. The number of nitrogens with zero attached hydrogens (tertiary/aromatic N) is 1. The molecule has 8 aromatic carbocycles. The van der Waals surface area contributed by atoms with Gasteiger partial charge in [-0.25, -0.2) is 0 Å². The average Bonchev–Trinajstić information content (AvgIpc) is 3.87. The first-order valence-corrected chi connectivity index (χ1v) is 19.0. The molecular formula is C50H33NOS. The maximum Gasteiger partial charge on any atom is 0.135 e. The normalized spacial score (nSPS) is 13.2. The lowest BCUT2D eigenvalue weighted by Gasteiger charge is -2.28. The summed E-state index contributed by atoms with van der Waals surface area (Å²) in [6, 6.07) is 66.2. The van der Waals surface area contributed by atoms with Crippen molar-refractivity contribution in [2.45, 2.75) is 12.3 Å². The van der Waals surface area contributed by atoms with E-state index in [0.29, 0.717) is 0 Å². The van der Waals surface area contributed by atoms with Crippen molar-refractivity contribution in [2.24, 2.45) is 0 Å². The van der Waals surface area contributed by atoms with Gasteiger partial charge in [-0.2, -0.15) is 0 Å². The number of benzene rings is 8. The van der Waals surface area contributed by atoms with E-state index >= 15 is 0 Å². The summed E-state index contributed by atoms with van der Waals surface area (Å²) in [6.45, 7) is 2.37. The van der Waals surface area contributed by atoms with Crippen LogP contribution in [0.3, 0.4) is 0 Å². The van der Waals surface area contributed by atoms with Crippen molar-refractivity contribution in [3.8, 4) is 22.3 Å². The molecule has 1 aliphatic rings. The van der Waals surface area contributed by atoms with E-state index in [1.807, 2.05) is 11.3 Å². The molecule has 2 aromatic heterocycles. The number of hydrogen-bond donors (Lipinski definition) is 0. The molecule has 0 unspecified atom stereocenters. The molecule has 0 saturated carbocycles. The van der Waals surface area contributed by atoms with Crippen LogP contribution in [0.5, 0.6) is 0 Å². The summed E-state index contributed by atoms with van der Waals surface area (Å²) in [5.74, 6) is 0.